The summed E-state index contributed by atoms with van der Waals surface area (Å²) in [5.41, 5.74) is 2.61. The van der Waals surface area contributed by atoms with E-state index in [1.165, 1.54) is 6.08 Å². The maximum absolute atomic E-state index is 12.2. The number of fused-ring (bicyclic) bond motifs is 1. The largest absolute Gasteiger partial charge is 0.457 e. The number of carbonyl (C=O) groups is 1. The van der Waals surface area contributed by atoms with E-state index in [1.54, 1.807) is 12.3 Å². The van der Waals surface area contributed by atoms with Crippen LogP contribution in [-0.4, -0.2) is 16.0 Å². The first-order valence-electron chi connectivity index (χ1n) is 8.98. The van der Waals surface area contributed by atoms with Gasteiger partial charge in [-0.15, -0.1) is 0 Å². The van der Waals surface area contributed by atoms with E-state index < -0.39 is 0 Å². The molecule has 0 radical (unpaired) electrons. The summed E-state index contributed by atoms with van der Waals surface area (Å²) >= 11 is 5.25. The van der Waals surface area contributed by atoms with Crippen LogP contribution in [0.1, 0.15) is 5.76 Å². The zero-order chi connectivity index (χ0) is 20.1. The second-order valence-electron chi connectivity index (χ2n) is 6.22. The van der Waals surface area contributed by atoms with E-state index in [0.717, 1.165) is 27.9 Å². The van der Waals surface area contributed by atoms with E-state index in [4.69, 9.17) is 16.6 Å². The lowest BCUT2D eigenvalue weighted by Gasteiger charge is -2.10. The Morgan fingerprint density at radius 2 is 1.83 bits per heavy atom. The van der Waals surface area contributed by atoms with Gasteiger partial charge < -0.3 is 9.73 Å². The van der Waals surface area contributed by atoms with Crippen molar-refractivity contribution in [1.82, 2.24) is 10.3 Å². The Bertz CT molecular complexity index is 1190. The van der Waals surface area contributed by atoms with Crippen molar-refractivity contribution in [2.45, 2.75) is 0 Å². The maximum Gasteiger partial charge on any atom is 0.250 e. The van der Waals surface area contributed by atoms with E-state index in [9.17, 15) is 4.79 Å². The van der Waals surface area contributed by atoms with E-state index in [2.05, 4.69) is 15.6 Å². The summed E-state index contributed by atoms with van der Waals surface area (Å²) < 4.78 is 5.75. The number of aromatic nitrogens is 1. The van der Waals surface area contributed by atoms with Gasteiger partial charge in [-0.05, 0) is 54.7 Å². The molecule has 0 aliphatic heterocycles. The van der Waals surface area contributed by atoms with Crippen molar-refractivity contribution in [3.05, 3.63) is 90.8 Å². The number of nitrogens with zero attached hydrogens (tertiary/aromatic N) is 1. The van der Waals surface area contributed by atoms with Gasteiger partial charge in [-0.3, -0.25) is 15.1 Å². The fourth-order valence-corrected chi connectivity index (χ4v) is 3.09. The van der Waals surface area contributed by atoms with E-state index >= 15 is 0 Å². The monoisotopic (exact) mass is 399 g/mol. The van der Waals surface area contributed by atoms with Crippen LogP contribution in [0.2, 0.25) is 0 Å². The highest BCUT2D eigenvalue weighted by Gasteiger charge is 2.06. The standard InChI is InChI=1S/C23H17N3O2S/c27-22(14-12-17-11-13-21(28-17)16-6-2-1-3-7-16)26-23(29)25-20-10-4-9-19-18(20)8-5-15-24-19/h1-15H,(H2,25,26,27,29)/b14-12+. The highest BCUT2D eigenvalue weighted by Crippen LogP contribution is 2.22. The molecule has 0 fully saturated rings. The predicted molar refractivity (Wildman–Crippen MR) is 119 cm³/mol. The molecule has 0 saturated carbocycles. The van der Waals surface area contributed by atoms with Gasteiger partial charge in [0.1, 0.15) is 11.5 Å². The molecule has 29 heavy (non-hydrogen) atoms. The minimum absolute atomic E-state index is 0.209. The number of nitrogens with one attached hydrogen (secondary N) is 2. The van der Waals surface area contributed by atoms with Crippen molar-refractivity contribution in [2.24, 2.45) is 0 Å². The van der Waals surface area contributed by atoms with Crippen molar-refractivity contribution in [3.63, 3.8) is 0 Å². The van der Waals surface area contributed by atoms with Crippen LogP contribution < -0.4 is 10.6 Å². The molecule has 142 valence electrons. The molecule has 0 atom stereocenters. The molecular weight excluding hydrogens is 382 g/mol. The Morgan fingerprint density at radius 1 is 0.966 bits per heavy atom. The highest BCUT2D eigenvalue weighted by atomic mass is 32.1. The molecule has 5 nitrogen and oxygen atoms in total. The molecule has 0 bridgehead atoms. The number of amides is 1. The third-order valence-electron chi connectivity index (χ3n) is 4.21. The van der Waals surface area contributed by atoms with Gasteiger partial charge in [-0.1, -0.05) is 36.4 Å². The topological polar surface area (TPSA) is 67.2 Å². The van der Waals surface area contributed by atoms with Crippen LogP contribution in [0.25, 0.3) is 28.3 Å². The van der Waals surface area contributed by atoms with Crippen LogP contribution >= 0.6 is 12.2 Å². The van der Waals surface area contributed by atoms with Crippen LogP contribution in [0.15, 0.2) is 89.5 Å². The lowest BCUT2D eigenvalue weighted by molar-refractivity contribution is -0.115. The van der Waals surface area contributed by atoms with Gasteiger partial charge in [0.15, 0.2) is 5.11 Å². The molecule has 4 aromatic rings. The first-order valence-corrected chi connectivity index (χ1v) is 9.39. The second kappa shape index (κ2) is 8.50. The number of carbonyl (C=O) groups excluding carboxylic acids is 1. The van der Waals surface area contributed by atoms with Crippen molar-refractivity contribution in [2.75, 3.05) is 5.32 Å². The fraction of sp³-hybridized carbons (Fsp3) is 0. The number of benzene rings is 2. The molecule has 0 aliphatic rings. The molecule has 2 heterocycles. The molecule has 0 saturated heterocycles. The Hall–Kier alpha value is -3.77. The average Bonchev–Trinajstić information content (AvgIpc) is 3.22. The Balaban J connectivity index is 1.38. The van der Waals surface area contributed by atoms with Gasteiger partial charge >= 0.3 is 0 Å². The third-order valence-corrected chi connectivity index (χ3v) is 4.42. The number of furan rings is 1. The molecule has 0 unspecified atom stereocenters. The zero-order valence-corrected chi connectivity index (χ0v) is 16.1. The zero-order valence-electron chi connectivity index (χ0n) is 15.3. The van der Waals surface area contributed by atoms with Crippen molar-refractivity contribution in [3.8, 4) is 11.3 Å². The van der Waals surface area contributed by atoms with Crippen molar-refractivity contribution >= 4 is 45.9 Å². The Kier molecular flexibility index (Phi) is 5.45. The van der Waals surface area contributed by atoms with Crippen LogP contribution in [0.4, 0.5) is 5.69 Å². The highest BCUT2D eigenvalue weighted by molar-refractivity contribution is 7.80. The van der Waals surface area contributed by atoms with Gasteiger partial charge in [-0.25, -0.2) is 0 Å². The second-order valence-corrected chi connectivity index (χ2v) is 6.63. The average molecular weight is 399 g/mol. The first kappa shape index (κ1) is 18.6. The first-order chi connectivity index (χ1) is 14.2. The molecule has 2 N–H and O–H groups in total. The maximum atomic E-state index is 12.2. The SMILES string of the molecule is O=C(/C=C/c1ccc(-c2ccccc2)o1)NC(=S)Nc1cccc2ncccc12. The summed E-state index contributed by atoms with van der Waals surface area (Å²) in [5.74, 6) is 0.976. The number of rotatable bonds is 4. The third kappa shape index (κ3) is 4.56. The Labute approximate surface area is 173 Å². The van der Waals surface area contributed by atoms with Gasteiger partial charge in [0, 0.05) is 28.9 Å². The summed E-state index contributed by atoms with van der Waals surface area (Å²) in [6.45, 7) is 0. The summed E-state index contributed by atoms with van der Waals surface area (Å²) in [6.07, 6.45) is 4.72. The number of hydrogen-bond acceptors (Lipinski definition) is 4. The lowest BCUT2D eigenvalue weighted by atomic mass is 10.2. The quantitative estimate of drug-likeness (QED) is 0.372. The van der Waals surface area contributed by atoms with Gasteiger partial charge in [0.25, 0.3) is 0 Å². The van der Waals surface area contributed by atoms with E-state index in [1.807, 2.05) is 72.8 Å². The molecule has 4 rings (SSSR count). The van der Waals surface area contributed by atoms with Crippen molar-refractivity contribution < 1.29 is 9.21 Å². The molecule has 0 spiro atoms. The lowest BCUT2D eigenvalue weighted by Crippen LogP contribution is -2.32. The number of hydrogen-bond donors (Lipinski definition) is 2. The minimum atomic E-state index is -0.349. The molecule has 0 aliphatic carbocycles. The van der Waals surface area contributed by atoms with E-state index in [-0.39, 0.29) is 11.0 Å². The summed E-state index contributed by atoms with van der Waals surface area (Å²) in [6, 6.07) is 22.9. The van der Waals surface area contributed by atoms with Gasteiger partial charge in [0.05, 0.1) is 5.52 Å². The van der Waals surface area contributed by atoms with Crippen LogP contribution in [0.5, 0.6) is 0 Å². The molecule has 6 heteroatoms. The smallest absolute Gasteiger partial charge is 0.250 e. The van der Waals surface area contributed by atoms with Gasteiger partial charge in [0.2, 0.25) is 5.91 Å². The summed E-state index contributed by atoms with van der Waals surface area (Å²) in [4.78, 5) is 16.5. The van der Waals surface area contributed by atoms with Crippen LogP contribution in [0.3, 0.4) is 0 Å². The predicted octanol–water partition coefficient (Wildman–Crippen LogP) is 5.02. The summed E-state index contributed by atoms with van der Waals surface area (Å²) in [7, 11) is 0. The van der Waals surface area contributed by atoms with Gasteiger partial charge in [-0.2, -0.15) is 0 Å². The van der Waals surface area contributed by atoms with Crippen LogP contribution in [0, 0.1) is 0 Å². The molecule has 2 aromatic heterocycles. The molecular formula is C23H17N3O2S. The van der Waals surface area contributed by atoms with E-state index in [0.29, 0.717) is 5.76 Å². The number of anilines is 1. The summed E-state index contributed by atoms with van der Waals surface area (Å²) in [5, 5.41) is 6.81. The van der Waals surface area contributed by atoms with Crippen LogP contribution in [-0.2, 0) is 4.79 Å². The number of thiocarbonyl (C=S) groups is 1. The fourth-order valence-electron chi connectivity index (χ4n) is 2.88. The molecule has 2 aromatic carbocycles. The normalized spacial score (nSPS) is 10.9. The minimum Gasteiger partial charge on any atom is -0.457 e. The molecule has 1 amide bonds. The van der Waals surface area contributed by atoms with Crippen molar-refractivity contribution in [1.29, 1.82) is 0 Å². The number of pyridine rings is 1. The Morgan fingerprint density at radius 3 is 2.69 bits per heavy atom.